The Morgan fingerprint density at radius 1 is 1.10 bits per heavy atom. The van der Waals surface area contributed by atoms with Crippen LogP contribution in [-0.4, -0.2) is 16.6 Å². The maximum Gasteiger partial charge on any atom is 0.296 e. The summed E-state index contributed by atoms with van der Waals surface area (Å²) >= 11 is 0. The number of amides is 1. The summed E-state index contributed by atoms with van der Waals surface area (Å²) < 4.78 is 0. The Kier molecular flexibility index (Phi) is 4.08. The van der Waals surface area contributed by atoms with E-state index >= 15 is 0 Å². The van der Waals surface area contributed by atoms with Gasteiger partial charge in [-0.05, 0) is 13.0 Å². The first-order chi connectivity index (χ1) is 9.97. The summed E-state index contributed by atoms with van der Waals surface area (Å²) in [7, 11) is 0. The molecule has 0 aromatic heterocycles. The highest BCUT2D eigenvalue weighted by Crippen LogP contribution is 2.17. The molecule has 21 heavy (non-hydrogen) atoms. The molecule has 0 bridgehead atoms. The monoisotopic (exact) mass is 284 g/mol. The fraction of sp³-hybridized carbons (Fsp3) is 0.0667. The zero-order valence-corrected chi connectivity index (χ0v) is 11.2. The van der Waals surface area contributed by atoms with Crippen molar-refractivity contribution < 1.29 is 14.5 Å². The van der Waals surface area contributed by atoms with E-state index in [1.807, 2.05) is 6.92 Å². The van der Waals surface area contributed by atoms with E-state index in [-0.39, 0.29) is 16.9 Å². The van der Waals surface area contributed by atoms with Gasteiger partial charge >= 0.3 is 0 Å². The number of benzene rings is 2. The molecule has 6 heteroatoms. The second kappa shape index (κ2) is 5.96. The number of Topliss-reactive ketones (excluding diaryl/α,β-unsaturated/α-hetero) is 1. The average Bonchev–Trinajstić information content (AvgIpc) is 2.47. The van der Waals surface area contributed by atoms with E-state index in [9.17, 15) is 19.7 Å². The van der Waals surface area contributed by atoms with Gasteiger partial charge in [-0.15, -0.1) is 0 Å². The lowest BCUT2D eigenvalue weighted by Gasteiger charge is -2.04. The van der Waals surface area contributed by atoms with Crippen LogP contribution < -0.4 is 5.32 Å². The largest absolute Gasteiger partial charge is 0.319 e. The minimum atomic E-state index is -0.834. The zero-order chi connectivity index (χ0) is 15.4. The molecule has 0 unspecified atom stereocenters. The normalized spacial score (nSPS) is 9.95. The van der Waals surface area contributed by atoms with Crippen LogP contribution in [0.25, 0.3) is 0 Å². The summed E-state index contributed by atoms with van der Waals surface area (Å²) in [6.07, 6.45) is 0. The van der Waals surface area contributed by atoms with Gasteiger partial charge in [-0.1, -0.05) is 35.9 Å². The topological polar surface area (TPSA) is 89.3 Å². The highest BCUT2D eigenvalue weighted by atomic mass is 16.6. The summed E-state index contributed by atoms with van der Waals surface area (Å²) in [5.41, 5.74) is 1.29. The van der Waals surface area contributed by atoms with Crippen LogP contribution in [0.4, 0.5) is 11.4 Å². The average molecular weight is 284 g/mol. The number of hydrogen-bond donors (Lipinski definition) is 1. The molecule has 6 nitrogen and oxygen atoms in total. The Hall–Kier alpha value is -3.02. The summed E-state index contributed by atoms with van der Waals surface area (Å²) in [5, 5.41) is 13.0. The third kappa shape index (κ3) is 3.50. The van der Waals surface area contributed by atoms with Crippen molar-refractivity contribution in [2.75, 3.05) is 5.32 Å². The van der Waals surface area contributed by atoms with E-state index in [1.165, 1.54) is 24.3 Å². The van der Waals surface area contributed by atoms with Crippen molar-refractivity contribution in [1.82, 2.24) is 0 Å². The molecule has 0 saturated carbocycles. The van der Waals surface area contributed by atoms with Crippen molar-refractivity contribution in [1.29, 1.82) is 0 Å². The predicted octanol–water partition coefficient (Wildman–Crippen LogP) is 2.72. The molecule has 0 radical (unpaired) electrons. The van der Waals surface area contributed by atoms with E-state index in [4.69, 9.17) is 0 Å². The van der Waals surface area contributed by atoms with Crippen LogP contribution in [0.2, 0.25) is 0 Å². The maximum absolute atomic E-state index is 11.9. The quantitative estimate of drug-likeness (QED) is 0.404. The zero-order valence-electron chi connectivity index (χ0n) is 11.2. The van der Waals surface area contributed by atoms with Gasteiger partial charge in [0.2, 0.25) is 0 Å². The number of non-ortho nitro benzene ring substituents is 1. The van der Waals surface area contributed by atoms with Gasteiger partial charge in [-0.2, -0.15) is 0 Å². The van der Waals surface area contributed by atoms with Gasteiger partial charge in [0.25, 0.3) is 17.4 Å². The molecule has 1 amide bonds. The van der Waals surface area contributed by atoms with Crippen LogP contribution in [0.3, 0.4) is 0 Å². The second-order valence-corrected chi connectivity index (χ2v) is 4.46. The SMILES string of the molecule is Cc1ccc(C(=O)C(=O)Nc2cccc([N+](=O)[O-])c2)cc1. The molecule has 2 aromatic carbocycles. The molecule has 0 spiro atoms. The van der Waals surface area contributed by atoms with Crippen LogP contribution in [0.1, 0.15) is 15.9 Å². The van der Waals surface area contributed by atoms with Gasteiger partial charge in [0.05, 0.1) is 4.92 Å². The van der Waals surface area contributed by atoms with Gasteiger partial charge in [0, 0.05) is 23.4 Å². The Morgan fingerprint density at radius 3 is 2.38 bits per heavy atom. The molecule has 0 heterocycles. The lowest BCUT2D eigenvalue weighted by molar-refractivity contribution is -0.384. The molecule has 0 aliphatic heterocycles. The number of aryl methyl sites for hydroxylation is 1. The second-order valence-electron chi connectivity index (χ2n) is 4.46. The lowest BCUT2D eigenvalue weighted by Crippen LogP contribution is -2.22. The number of nitro benzene ring substituents is 1. The molecule has 0 aliphatic carbocycles. The fourth-order valence-corrected chi connectivity index (χ4v) is 1.72. The molecule has 0 fully saturated rings. The molecule has 2 aromatic rings. The van der Waals surface area contributed by atoms with E-state index in [2.05, 4.69) is 5.32 Å². The van der Waals surface area contributed by atoms with E-state index < -0.39 is 16.6 Å². The first-order valence-electron chi connectivity index (χ1n) is 6.14. The standard InChI is InChI=1S/C15H12N2O4/c1-10-5-7-11(8-6-10)14(18)15(19)16-12-3-2-4-13(9-12)17(20)21/h2-9H,1H3,(H,16,19). The summed E-state index contributed by atoms with van der Waals surface area (Å²) in [6.45, 7) is 1.87. The molecule has 1 N–H and O–H groups in total. The minimum Gasteiger partial charge on any atom is -0.319 e. The number of hydrogen-bond acceptors (Lipinski definition) is 4. The number of ketones is 1. The number of anilines is 1. The minimum absolute atomic E-state index is 0.157. The maximum atomic E-state index is 11.9. The summed E-state index contributed by atoms with van der Waals surface area (Å²) in [6, 6.07) is 12.0. The van der Waals surface area contributed by atoms with Gasteiger partial charge in [-0.3, -0.25) is 19.7 Å². The predicted molar refractivity (Wildman–Crippen MR) is 77.2 cm³/mol. The Balaban J connectivity index is 2.14. The molecular weight excluding hydrogens is 272 g/mol. The number of nitrogens with zero attached hydrogens (tertiary/aromatic N) is 1. The smallest absolute Gasteiger partial charge is 0.296 e. The number of nitro groups is 1. The van der Waals surface area contributed by atoms with E-state index in [0.29, 0.717) is 0 Å². The van der Waals surface area contributed by atoms with Crippen LogP contribution in [-0.2, 0) is 4.79 Å². The van der Waals surface area contributed by atoms with Crippen molar-refractivity contribution in [2.24, 2.45) is 0 Å². The first kappa shape index (κ1) is 14.4. The third-order valence-electron chi connectivity index (χ3n) is 2.83. The van der Waals surface area contributed by atoms with E-state index in [1.54, 1.807) is 24.3 Å². The van der Waals surface area contributed by atoms with Crippen LogP contribution in [0.15, 0.2) is 48.5 Å². The van der Waals surface area contributed by atoms with Gasteiger partial charge < -0.3 is 5.32 Å². The molecule has 0 aliphatic rings. The number of nitrogens with one attached hydrogen (secondary N) is 1. The van der Waals surface area contributed by atoms with Gasteiger partial charge in [-0.25, -0.2) is 0 Å². The molecule has 0 saturated heterocycles. The van der Waals surface area contributed by atoms with Crippen molar-refractivity contribution in [3.05, 3.63) is 69.8 Å². The number of carbonyl (C=O) groups excluding carboxylic acids is 2. The highest BCUT2D eigenvalue weighted by Gasteiger charge is 2.17. The molecule has 2 rings (SSSR count). The molecular formula is C15H12N2O4. The summed E-state index contributed by atoms with van der Waals surface area (Å²) in [5.74, 6) is -1.53. The van der Waals surface area contributed by atoms with Crippen LogP contribution in [0.5, 0.6) is 0 Å². The molecule has 0 atom stereocenters. The van der Waals surface area contributed by atoms with Gasteiger partial charge in [0.1, 0.15) is 0 Å². The molecule has 106 valence electrons. The van der Waals surface area contributed by atoms with Crippen molar-refractivity contribution in [2.45, 2.75) is 6.92 Å². The summed E-state index contributed by atoms with van der Waals surface area (Å²) in [4.78, 5) is 33.9. The third-order valence-corrected chi connectivity index (χ3v) is 2.83. The fourth-order valence-electron chi connectivity index (χ4n) is 1.72. The highest BCUT2D eigenvalue weighted by molar-refractivity contribution is 6.46. The van der Waals surface area contributed by atoms with E-state index in [0.717, 1.165) is 5.56 Å². The van der Waals surface area contributed by atoms with Crippen molar-refractivity contribution >= 4 is 23.1 Å². The number of carbonyl (C=O) groups is 2. The number of rotatable bonds is 4. The first-order valence-corrected chi connectivity index (χ1v) is 6.14. The Labute approximate surface area is 120 Å². The lowest BCUT2D eigenvalue weighted by atomic mass is 10.1. The van der Waals surface area contributed by atoms with Crippen LogP contribution in [0, 0.1) is 17.0 Å². The Morgan fingerprint density at radius 2 is 1.76 bits per heavy atom. The van der Waals surface area contributed by atoms with Crippen LogP contribution >= 0.6 is 0 Å². The Bertz CT molecular complexity index is 708. The van der Waals surface area contributed by atoms with Crippen molar-refractivity contribution in [3.8, 4) is 0 Å². The van der Waals surface area contributed by atoms with Crippen molar-refractivity contribution in [3.63, 3.8) is 0 Å². The van der Waals surface area contributed by atoms with Gasteiger partial charge in [0.15, 0.2) is 0 Å².